The molecule has 5 heteroatoms. The van der Waals surface area contributed by atoms with E-state index in [1.807, 2.05) is 24.8 Å². The van der Waals surface area contributed by atoms with Crippen molar-refractivity contribution in [2.75, 3.05) is 12.4 Å². The normalized spacial score (nSPS) is 19.1. The van der Waals surface area contributed by atoms with Crippen LogP contribution in [0.15, 0.2) is 6.07 Å². The number of halogens is 1. The number of carbonyl (C=O) groups is 1. The molecule has 0 aliphatic carbocycles. The van der Waals surface area contributed by atoms with Crippen molar-refractivity contribution in [3.05, 3.63) is 17.5 Å². The number of hydrogen-bond donors (Lipinski definition) is 0. The highest BCUT2D eigenvalue weighted by Gasteiger charge is 2.30. The Morgan fingerprint density at radius 3 is 3.05 bits per heavy atom. The number of amides is 1. The van der Waals surface area contributed by atoms with Gasteiger partial charge in [0.1, 0.15) is 5.69 Å². The summed E-state index contributed by atoms with van der Waals surface area (Å²) in [5.41, 5.74) is 1.62. The molecule has 106 valence electrons. The standard InChI is InChI=1S/C14H22ClN3O/c1-3-18-13(10-11(2)16-18)14(19)17-9-5-7-12(17)6-4-8-15/h10,12H,3-9H2,1-2H3. The van der Waals surface area contributed by atoms with Crippen molar-refractivity contribution >= 4 is 17.5 Å². The van der Waals surface area contributed by atoms with Gasteiger partial charge in [0.05, 0.1) is 5.69 Å². The smallest absolute Gasteiger partial charge is 0.272 e. The van der Waals surface area contributed by atoms with E-state index in [1.54, 1.807) is 4.68 Å². The molecule has 1 aliphatic heterocycles. The summed E-state index contributed by atoms with van der Waals surface area (Å²) in [5.74, 6) is 0.796. The lowest BCUT2D eigenvalue weighted by Crippen LogP contribution is -2.36. The molecule has 0 aromatic carbocycles. The summed E-state index contributed by atoms with van der Waals surface area (Å²) >= 11 is 5.76. The van der Waals surface area contributed by atoms with E-state index in [0.717, 1.165) is 50.2 Å². The molecule has 0 radical (unpaired) electrons. The van der Waals surface area contributed by atoms with E-state index in [4.69, 9.17) is 11.6 Å². The Morgan fingerprint density at radius 1 is 1.58 bits per heavy atom. The molecule has 1 aromatic rings. The van der Waals surface area contributed by atoms with Crippen molar-refractivity contribution in [1.29, 1.82) is 0 Å². The van der Waals surface area contributed by atoms with Crippen LogP contribution in [0.2, 0.25) is 0 Å². The number of hydrogen-bond acceptors (Lipinski definition) is 2. The molecule has 4 nitrogen and oxygen atoms in total. The van der Waals surface area contributed by atoms with E-state index in [-0.39, 0.29) is 5.91 Å². The Balaban J connectivity index is 2.13. The minimum absolute atomic E-state index is 0.125. The molecule has 2 heterocycles. The van der Waals surface area contributed by atoms with Gasteiger partial charge >= 0.3 is 0 Å². The zero-order valence-electron chi connectivity index (χ0n) is 11.7. The summed E-state index contributed by atoms with van der Waals surface area (Å²) in [6, 6.07) is 2.25. The van der Waals surface area contributed by atoms with Gasteiger partial charge in [-0.3, -0.25) is 9.48 Å². The number of rotatable bonds is 5. The van der Waals surface area contributed by atoms with Gasteiger partial charge in [-0.05, 0) is 45.6 Å². The molecule has 1 fully saturated rings. The van der Waals surface area contributed by atoms with E-state index in [2.05, 4.69) is 5.10 Å². The molecule has 0 bridgehead atoms. The van der Waals surface area contributed by atoms with Crippen LogP contribution in [-0.2, 0) is 6.54 Å². The SMILES string of the molecule is CCn1nc(C)cc1C(=O)N1CCCC1CCCCl. The Morgan fingerprint density at radius 2 is 2.37 bits per heavy atom. The molecular formula is C14H22ClN3O. The predicted octanol–water partition coefficient (Wildman–Crippen LogP) is 2.84. The number of likely N-dealkylation sites (tertiary alicyclic amines) is 1. The highest BCUT2D eigenvalue weighted by molar-refractivity contribution is 6.17. The molecule has 1 unspecified atom stereocenters. The van der Waals surface area contributed by atoms with Crippen molar-refractivity contribution < 1.29 is 4.79 Å². The minimum Gasteiger partial charge on any atom is -0.334 e. The van der Waals surface area contributed by atoms with E-state index in [1.165, 1.54) is 0 Å². The lowest BCUT2D eigenvalue weighted by Gasteiger charge is -2.24. The maximum Gasteiger partial charge on any atom is 0.272 e. The summed E-state index contributed by atoms with van der Waals surface area (Å²) in [5, 5.41) is 4.36. The average molecular weight is 284 g/mol. The second-order valence-corrected chi connectivity index (χ2v) is 5.49. The van der Waals surface area contributed by atoms with Crippen molar-refractivity contribution in [3.63, 3.8) is 0 Å². The quantitative estimate of drug-likeness (QED) is 0.780. The van der Waals surface area contributed by atoms with Gasteiger partial charge in [-0.1, -0.05) is 0 Å². The van der Waals surface area contributed by atoms with Crippen LogP contribution in [0.4, 0.5) is 0 Å². The molecule has 1 aliphatic rings. The number of carbonyl (C=O) groups excluding carboxylic acids is 1. The highest BCUT2D eigenvalue weighted by atomic mass is 35.5. The second kappa shape index (κ2) is 6.42. The van der Waals surface area contributed by atoms with E-state index in [0.29, 0.717) is 11.9 Å². The fourth-order valence-corrected chi connectivity index (χ4v) is 2.98. The summed E-state index contributed by atoms with van der Waals surface area (Å²) in [6.45, 7) is 5.53. The summed E-state index contributed by atoms with van der Waals surface area (Å²) in [7, 11) is 0. The minimum atomic E-state index is 0.125. The van der Waals surface area contributed by atoms with E-state index >= 15 is 0 Å². The molecule has 1 atom stereocenters. The van der Waals surface area contributed by atoms with Crippen molar-refractivity contribution in [3.8, 4) is 0 Å². The van der Waals surface area contributed by atoms with Gasteiger partial charge in [0.2, 0.25) is 0 Å². The highest BCUT2D eigenvalue weighted by Crippen LogP contribution is 2.24. The third-order valence-corrected chi connectivity index (χ3v) is 4.00. The van der Waals surface area contributed by atoms with Crippen molar-refractivity contribution in [1.82, 2.24) is 14.7 Å². The number of alkyl halides is 1. The average Bonchev–Trinajstić information content (AvgIpc) is 3.01. The molecule has 0 saturated carbocycles. The number of aryl methyl sites for hydroxylation is 2. The third-order valence-electron chi connectivity index (χ3n) is 3.73. The van der Waals surface area contributed by atoms with Crippen LogP contribution in [0.25, 0.3) is 0 Å². The van der Waals surface area contributed by atoms with Crippen LogP contribution in [0.3, 0.4) is 0 Å². The summed E-state index contributed by atoms with van der Waals surface area (Å²) in [6.07, 6.45) is 4.18. The molecule has 0 N–H and O–H groups in total. The molecule has 2 rings (SSSR count). The Bertz CT molecular complexity index is 444. The fourth-order valence-electron chi connectivity index (χ4n) is 2.82. The van der Waals surface area contributed by atoms with E-state index in [9.17, 15) is 4.79 Å². The van der Waals surface area contributed by atoms with Crippen molar-refractivity contribution in [2.45, 2.75) is 52.1 Å². The van der Waals surface area contributed by atoms with Crippen LogP contribution >= 0.6 is 11.6 Å². The molecular weight excluding hydrogens is 262 g/mol. The lowest BCUT2D eigenvalue weighted by atomic mass is 10.1. The monoisotopic (exact) mass is 283 g/mol. The largest absolute Gasteiger partial charge is 0.334 e. The van der Waals surface area contributed by atoms with Gasteiger partial charge in [-0.15, -0.1) is 11.6 Å². The zero-order valence-corrected chi connectivity index (χ0v) is 12.5. The topological polar surface area (TPSA) is 38.1 Å². The van der Waals surface area contributed by atoms with Gasteiger partial charge in [0, 0.05) is 25.0 Å². The molecule has 1 aromatic heterocycles. The van der Waals surface area contributed by atoms with Crippen LogP contribution in [0.1, 0.15) is 48.8 Å². The molecule has 19 heavy (non-hydrogen) atoms. The molecule has 1 amide bonds. The van der Waals surface area contributed by atoms with E-state index < -0.39 is 0 Å². The summed E-state index contributed by atoms with van der Waals surface area (Å²) in [4.78, 5) is 14.7. The first kappa shape index (κ1) is 14.4. The third kappa shape index (κ3) is 3.11. The second-order valence-electron chi connectivity index (χ2n) is 5.11. The van der Waals surface area contributed by atoms with Gasteiger partial charge in [0.25, 0.3) is 5.91 Å². The first-order valence-corrected chi connectivity index (χ1v) is 7.62. The number of nitrogens with zero attached hydrogens (tertiary/aromatic N) is 3. The van der Waals surface area contributed by atoms with Crippen LogP contribution < -0.4 is 0 Å². The van der Waals surface area contributed by atoms with Gasteiger partial charge in [-0.2, -0.15) is 5.10 Å². The Labute approximate surface area is 119 Å². The maximum atomic E-state index is 12.6. The number of aromatic nitrogens is 2. The summed E-state index contributed by atoms with van der Waals surface area (Å²) < 4.78 is 1.80. The van der Waals surface area contributed by atoms with Crippen LogP contribution in [-0.4, -0.2) is 39.1 Å². The first-order chi connectivity index (χ1) is 9.17. The Hall–Kier alpha value is -1.03. The first-order valence-electron chi connectivity index (χ1n) is 7.08. The zero-order chi connectivity index (χ0) is 13.8. The fraction of sp³-hybridized carbons (Fsp3) is 0.714. The lowest BCUT2D eigenvalue weighted by molar-refractivity contribution is 0.0717. The molecule has 1 saturated heterocycles. The predicted molar refractivity (Wildman–Crippen MR) is 76.7 cm³/mol. The van der Waals surface area contributed by atoms with Crippen LogP contribution in [0, 0.1) is 6.92 Å². The molecule has 0 spiro atoms. The van der Waals surface area contributed by atoms with Crippen molar-refractivity contribution in [2.24, 2.45) is 0 Å². The van der Waals surface area contributed by atoms with Gasteiger partial charge < -0.3 is 4.90 Å². The van der Waals surface area contributed by atoms with Gasteiger partial charge in [-0.25, -0.2) is 0 Å². The van der Waals surface area contributed by atoms with Gasteiger partial charge in [0.15, 0.2) is 0 Å². The Kier molecular flexibility index (Phi) is 4.86. The van der Waals surface area contributed by atoms with Crippen LogP contribution in [0.5, 0.6) is 0 Å². The maximum absolute atomic E-state index is 12.6.